The number of thiazole rings is 1. The summed E-state index contributed by atoms with van der Waals surface area (Å²) in [5.74, 6) is 0. The van der Waals surface area contributed by atoms with Crippen LogP contribution in [0.3, 0.4) is 0 Å². The molecule has 1 atom stereocenters. The molecular formula is C8H11N3O6S. The topological polar surface area (TPSA) is 118 Å². The lowest BCUT2D eigenvalue weighted by molar-refractivity contribution is -0.770. The average molecular weight is 277 g/mol. The Morgan fingerprint density at radius 2 is 2.06 bits per heavy atom. The molecule has 10 heteroatoms. The molecule has 0 N–H and O–H groups in total. The molecule has 0 aromatic carbocycles. The summed E-state index contributed by atoms with van der Waals surface area (Å²) >= 11 is 1.22. The molecule has 0 radical (unpaired) electrons. The second kappa shape index (κ2) is 6.10. The molecule has 0 aliphatic rings. The molecule has 1 heterocycles. The molecule has 0 saturated carbocycles. The lowest BCUT2D eigenvalue weighted by Gasteiger charge is -2.03. The number of aryl methyl sites for hydroxylation is 1. The van der Waals surface area contributed by atoms with Gasteiger partial charge in [-0.05, 0) is 13.8 Å². The van der Waals surface area contributed by atoms with E-state index in [9.17, 15) is 20.2 Å². The van der Waals surface area contributed by atoms with Crippen LogP contribution in [0.4, 0.5) is 0 Å². The Morgan fingerprint density at radius 3 is 2.61 bits per heavy atom. The molecule has 1 aromatic rings. The molecule has 1 aromatic heterocycles. The van der Waals surface area contributed by atoms with Crippen molar-refractivity contribution in [2.45, 2.75) is 26.4 Å². The fourth-order valence-corrected chi connectivity index (χ4v) is 2.27. The predicted molar refractivity (Wildman–Crippen MR) is 60.0 cm³/mol. The first-order valence-corrected chi connectivity index (χ1v) is 5.76. The number of rotatable bonds is 7. The first-order chi connectivity index (χ1) is 8.40. The van der Waals surface area contributed by atoms with Crippen LogP contribution in [0.25, 0.3) is 0 Å². The van der Waals surface area contributed by atoms with Crippen molar-refractivity contribution >= 4 is 11.3 Å². The van der Waals surface area contributed by atoms with Crippen molar-refractivity contribution in [2.24, 2.45) is 0 Å². The molecule has 0 aliphatic heterocycles. The summed E-state index contributed by atoms with van der Waals surface area (Å²) in [5.41, 5.74) is 0.667. The Kier molecular flexibility index (Phi) is 4.77. The standard InChI is InChI=1S/C8H11N3O6S/c1-5-7(3-4-16-10(12)13)18-8(9-5)6(2)17-11(14)15/h6H,3-4H2,1-2H3/t6-/m0/s1. The number of nitrogens with zero attached hydrogens (tertiary/aromatic N) is 3. The Balaban J connectivity index is 2.63. The van der Waals surface area contributed by atoms with Crippen LogP contribution in [0.15, 0.2) is 0 Å². The minimum Gasteiger partial charge on any atom is -0.314 e. The van der Waals surface area contributed by atoms with Gasteiger partial charge in [0, 0.05) is 11.3 Å². The molecule has 0 aliphatic carbocycles. The van der Waals surface area contributed by atoms with Gasteiger partial charge in [-0.15, -0.1) is 31.6 Å². The van der Waals surface area contributed by atoms with Crippen LogP contribution in [0, 0.1) is 27.2 Å². The predicted octanol–water partition coefficient (Wildman–Crippen LogP) is 1.47. The smallest absolute Gasteiger partial charge is 0.295 e. The van der Waals surface area contributed by atoms with Gasteiger partial charge in [-0.2, -0.15) is 0 Å². The Bertz CT molecular complexity index is 448. The van der Waals surface area contributed by atoms with E-state index >= 15 is 0 Å². The molecule has 18 heavy (non-hydrogen) atoms. The summed E-state index contributed by atoms with van der Waals surface area (Å²) in [7, 11) is 0. The van der Waals surface area contributed by atoms with Gasteiger partial charge in [0.2, 0.25) is 0 Å². The van der Waals surface area contributed by atoms with Crippen molar-refractivity contribution in [1.29, 1.82) is 0 Å². The molecule has 0 saturated heterocycles. The summed E-state index contributed by atoms with van der Waals surface area (Å²) in [6, 6.07) is 0. The van der Waals surface area contributed by atoms with Gasteiger partial charge in [0.15, 0.2) is 6.10 Å². The Labute approximate surface area is 106 Å². The van der Waals surface area contributed by atoms with E-state index in [1.54, 1.807) is 6.92 Å². The maximum Gasteiger partial charge on any atom is 0.295 e. The van der Waals surface area contributed by atoms with Crippen molar-refractivity contribution in [3.8, 4) is 0 Å². The van der Waals surface area contributed by atoms with Crippen LogP contribution in [0.1, 0.15) is 28.6 Å². The fraction of sp³-hybridized carbons (Fsp3) is 0.625. The van der Waals surface area contributed by atoms with Gasteiger partial charge < -0.3 is 9.68 Å². The van der Waals surface area contributed by atoms with Crippen molar-refractivity contribution < 1.29 is 19.8 Å². The lowest BCUT2D eigenvalue weighted by Crippen LogP contribution is -2.05. The van der Waals surface area contributed by atoms with Crippen LogP contribution in [0.5, 0.6) is 0 Å². The average Bonchev–Trinajstić information content (AvgIpc) is 2.59. The zero-order chi connectivity index (χ0) is 13.7. The monoisotopic (exact) mass is 277 g/mol. The highest BCUT2D eigenvalue weighted by Gasteiger charge is 2.16. The van der Waals surface area contributed by atoms with Crippen molar-refractivity contribution in [3.05, 3.63) is 35.8 Å². The van der Waals surface area contributed by atoms with E-state index < -0.39 is 16.3 Å². The second-order valence-electron chi connectivity index (χ2n) is 3.34. The highest BCUT2D eigenvalue weighted by atomic mass is 32.1. The van der Waals surface area contributed by atoms with E-state index in [-0.39, 0.29) is 6.61 Å². The summed E-state index contributed by atoms with van der Waals surface area (Å²) < 4.78 is 0. The van der Waals surface area contributed by atoms with Crippen molar-refractivity contribution in [3.63, 3.8) is 0 Å². The summed E-state index contributed by atoms with van der Waals surface area (Å²) in [4.78, 5) is 33.7. The van der Waals surface area contributed by atoms with Crippen LogP contribution in [0.2, 0.25) is 0 Å². The third-order valence-electron chi connectivity index (χ3n) is 2.03. The number of hydrogen-bond acceptors (Lipinski definition) is 8. The van der Waals surface area contributed by atoms with Gasteiger partial charge in [-0.1, -0.05) is 0 Å². The molecule has 100 valence electrons. The van der Waals surface area contributed by atoms with E-state index in [1.807, 2.05) is 0 Å². The number of aromatic nitrogens is 1. The molecule has 0 bridgehead atoms. The quantitative estimate of drug-likeness (QED) is 0.547. The zero-order valence-corrected chi connectivity index (χ0v) is 10.5. The summed E-state index contributed by atoms with van der Waals surface area (Å²) in [5, 5.41) is 18.9. The maximum absolute atomic E-state index is 10.2. The highest BCUT2D eigenvalue weighted by Crippen LogP contribution is 2.26. The summed E-state index contributed by atoms with van der Waals surface area (Å²) in [6.07, 6.45) is -0.427. The van der Waals surface area contributed by atoms with Crippen molar-refractivity contribution in [2.75, 3.05) is 6.61 Å². The molecule has 1 rings (SSSR count). The molecule has 0 unspecified atom stereocenters. The van der Waals surface area contributed by atoms with Crippen molar-refractivity contribution in [1.82, 2.24) is 4.98 Å². The minimum absolute atomic E-state index is 0.0695. The number of hydrogen-bond donors (Lipinski definition) is 0. The van der Waals surface area contributed by atoms with Gasteiger partial charge in [0.1, 0.15) is 11.6 Å². The molecule has 0 spiro atoms. The lowest BCUT2D eigenvalue weighted by atomic mass is 10.3. The van der Waals surface area contributed by atoms with Crippen LogP contribution in [-0.2, 0) is 16.1 Å². The van der Waals surface area contributed by atoms with Crippen LogP contribution >= 0.6 is 11.3 Å². The third kappa shape index (κ3) is 4.13. The molecular weight excluding hydrogens is 266 g/mol. The zero-order valence-electron chi connectivity index (χ0n) is 9.69. The molecule has 0 fully saturated rings. The van der Waals surface area contributed by atoms with Gasteiger partial charge in [-0.3, -0.25) is 0 Å². The van der Waals surface area contributed by atoms with Gasteiger partial charge in [-0.25, -0.2) is 4.98 Å². The first-order valence-electron chi connectivity index (χ1n) is 4.94. The minimum atomic E-state index is -0.878. The van der Waals surface area contributed by atoms with Gasteiger partial charge >= 0.3 is 0 Å². The highest BCUT2D eigenvalue weighted by molar-refractivity contribution is 7.11. The molecule has 9 nitrogen and oxygen atoms in total. The van der Waals surface area contributed by atoms with E-state index in [4.69, 9.17) is 0 Å². The van der Waals surface area contributed by atoms with Crippen LogP contribution in [-0.4, -0.2) is 21.8 Å². The Morgan fingerprint density at radius 1 is 1.39 bits per heavy atom. The van der Waals surface area contributed by atoms with E-state index in [2.05, 4.69) is 14.7 Å². The Hall–Kier alpha value is -1.97. The SMILES string of the molecule is Cc1nc([C@H](C)O[N+](=O)[O-])sc1CCO[N+](=O)[O-]. The van der Waals surface area contributed by atoms with Crippen LogP contribution < -0.4 is 0 Å². The fourth-order valence-electron chi connectivity index (χ4n) is 1.24. The molecule has 0 amide bonds. The third-order valence-corrected chi connectivity index (χ3v) is 3.41. The van der Waals surface area contributed by atoms with Gasteiger partial charge in [0.05, 0.1) is 5.69 Å². The van der Waals surface area contributed by atoms with E-state index in [1.165, 1.54) is 18.3 Å². The van der Waals surface area contributed by atoms with Gasteiger partial charge in [0.25, 0.3) is 10.2 Å². The first kappa shape index (κ1) is 14.1. The normalized spacial score (nSPS) is 11.9. The largest absolute Gasteiger partial charge is 0.314 e. The summed E-state index contributed by atoms with van der Waals surface area (Å²) in [6.45, 7) is 3.17. The van der Waals surface area contributed by atoms with E-state index in [0.29, 0.717) is 17.1 Å². The second-order valence-corrected chi connectivity index (χ2v) is 4.45. The van der Waals surface area contributed by atoms with E-state index in [0.717, 1.165) is 4.88 Å². The maximum atomic E-state index is 10.2.